The minimum atomic E-state index is -0.282. The molecule has 84 valence electrons. The summed E-state index contributed by atoms with van der Waals surface area (Å²) in [5.41, 5.74) is 6.95. The van der Waals surface area contributed by atoms with E-state index in [2.05, 4.69) is 4.98 Å². The quantitative estimate of drug-likeness (QED) is 0.689. The maximum atomic E-state index is 12.1. The Hall–Kier alpha value is -2.56. The first-order chi connectivity index (χ1) is 8.25. The first kappa shape index (κ1) is 9.65. The van der Waals surface area contributed by atoms with Gasteiger partial charge < -0.3 is 10.2 Å². The Balaban J connectivity index is 2.13. The van der Waals surface area contributed by atoms with Crippen LogP contribution in [0, 0.1) is 0 Å². The number of imidazole rings is 1. The highest BCUT2D eigenvalue weighted by Gasteiger charge is 2.15. The molecule has 0 unspecified atom stereocenters. The van der Waals surface area contributed by atoms with Crippen LogP contribution in [0.4, 0.5) is 5.88 Å². The third-order valence-corrected chi connectivity index (χ3v) is 2.51. The zero-order chi connectivity index (χ0) is 11.8. The van der Waals surface area contributed by atoms with Crippen LogP contribution in [0.15, 0.2) is 47.1 Å². The van der Waals surface area contributed by atoms with E-state index in [9.17, 15) is 4.79 Å². The van der Waals surface area contributed by atoms with Crippen molar-refractivity contribution in [2.75, 3.05) is 5.73 Å². The van der Waals surface area contributed by atoms with Gasteiger partial charge in [-0.2, -0.15) is 0 Å². The number of anilines is 1. The van der Waals surface area contributed by atoms with Crippen LogP contribution < -0.4 is 5.73 Å². The predicted octanol–water partition coefficient (Wildman–Crippen LogP) is 1.90. The Morgan fingerprint density at radius 1 is 1.24 bits per heavy atom. The maximum absolute atomic E-state index is 12.1. The van der Waals surface area contributed by atoms with Gasteiger partial charge in [-0.25, -0.2) is 4.98 Å². The summed E-state index contributed by atoms with van der Waals surface area (Å²) >= 11 is 0. The number of aromatic nitrogens is 2. The van der Waals surface area contributed by atoms with E-state index in [-0.39, 0.29) is 17.6 Å². The first-order valence-electron chi connectivity index (χ1n) is 5.08. The highest BCUT2D eigenvalue weighted by molar-refractivity contribution is 5.99. The van der Waals surface area contributed by atoms with Gasteiger partial charge in [0.25, 0.3) is 5.91 Å². The largest absolute Gasteiger partial charge is 0.436 e. The molecule has 2 aromatic heterocycles. The molecule has 3 rings (SSSR count). The molecule has 2 N–H and O–H groups in total. The molecule has 0 spiro atoms. The predicted molar refractivity (Wildman–Crippen MR) is 62.6 cm³/mol. The molecule has 5 nitrogen and oxygen atoms in total. The lowest BCUT2D eigenvalue weighted by atomic mass is 10.3. The van der Waals surface area contributed by atoms with E-state index in [1.165, 1.54) is 10.9 Å². The normalized spacial score (nSPS) is 10.8. The van der Waals surface area contributed by atoms with Gasteiger partial charge in [-0.15, -0.1) is 0 Å². The fraction of sp³-hybridized carbons (Fsp3) is 0. The lowest BCUT2D eigenvalue weighted by molar-refractivity contribution is 0.0938. The molecule has 3 aromatic rings. The van der Waals surface area contributed by atoms with Gasteiger partial charge in [0.15, 0.2) is 11.6 Å². The molecule has 0 radical (unpaired) electrons. The number of nitrogen functional groups attached to an aromatic ring is 1. The highest BCUT2D eigenvalue weighted by Crippen LogP contribution is 2.16. The zero-order valence-electron chi connectivity index (χ0n) is 8.83. The van der Waals surface area contributed by atoms with Crippen molar-refractivity contribution in [2.45, 2.75) is 0 Å². The summed E-state index contributed by atoms with van der Waals surface area (Å²) in [5.74, 6) is 0.138. The molecule has 2 heterocycles. The monoisotopic (exact) mass is 227 g/mol. The van der Waals surface area contributed by atoms with E-state index >= 15 is 0 Å². The number of benzene rings is 1. The molecule has 0 saturated carbocycles. The third kappa shape index (κ3) is 1.48. The molecule has 0 aliphatic heterocycles. The molecular formula is C12H9N3O2. The minimum absolute atomic E-state index is 0.200. The molecule has 0 amide bonds. The molecular weight excluding hydrogens is 218 g/mol. The van der Waals surface area contributed by atoms with Gasteiger partial charge in [0.1, 0.15) is 6.33 Å². The van der Waals surface area contributed by atoms with Crippen molar-refractivity contribution < 1.29 is 9.21 Å². The second kappa shape index (κ2) is 3.48. The number of nitrogens with zero attached hydrogens (tertiary/aromatic N) is 2. The molecule has 0 aliphatic carbocycles. The van der Waals surface area contributed by atoms with E-state index in [0.717, 1.165) is 11.0 Å². The van der Waals surface area contributed by atoms with E-state index in [1.807, 2.05) is 24.3 Å². The van der Waals surface area contributed by atoms with Gasteiger partial charge in [-0.1, -0.05) is 12.1 Å². The summed E-state index contributed by atoms with van der Waals surface area (Å²) in [5, 5.41) is 0. The Morgan fingerprint density at radius 2 is 2.06 bits per heavy atom. The van der Waals surface area contributed by atoms with E-state index in [1.54, 1.807) is 12.1 Å². The van der Waals surface area contributed by atoms with Crippen LogP contribution in [0.1, 0.15) is 10.6 Å². The van der Waals surface area contributed by atoms with Crippen molar-refractivity contribution in [3.63, 3.8) is 0 Å². The maximum Gasteiger partial charge on any atom is 0.299 e. The summed E-state index contributed by atoms with van der Waals surface area (Å²) in [6.45, 7) is 0. The SMILES string of the molecule is Nc1ccc(C(=O)n2cnc3ccccc32)o1. The number of fused-ring (bicyclic) bond motifs is 1. The van der Waals surface area contributed by atoms with Crippen LogP contribution in [0.2, 0.25) is 0 Å². The highest BCUT2D eigenvalue weighted by atomic mass is 16.4. The average Bonchev–Trinajstić information content (AvgIpc) is 2.94. The summed E-state index contributed by atoms with van der Waals surface area (Å²) in [6, 6.07) is 10.5. The summed E-state index contributed by atoms with van der Waals surface area (Å²) in [6.07, 6.45) is 1.48. The van der Waals surface area contributed by atoms with Crippen LogP contribution in [-0.2, 0) is 0 Å². The smallest absolute Gasteiger partial charge is 0.299 e. The molecule has 0 saturated heterocycles. The number of hydrogen-bond acceptors (Lipinski definition) is 4. The van der Waals surface area contributed by atoms with Crippen molar-refractivity contribution in [3.05, 3.63) is 48.5 Å². The Labute approximate surface area is 96.5 Å². The Bertz CT molecular complexity index is 696. The first-order valence-corrected chi connectivity index (χ1v) is 5.08. The van der Waals surface area contributed by atoms with Crippen LogP contribution in [0.5, 0.6) is 0 Å². The van der Waals surface area contributed by atoms with Crippen molar-refractivity contribution >= 4 is 22.8 Å². The van der Waals surface area contributed by atoms with Gasteiger partial charge in [-0.3, -0.25) is 9.36 Å². The van der Waals surface area contributed by atoms with Crippen LogP contribution in [0.3, 0.4) is 0 Å². The summed E-state index contributed by atoms with van der Waals surface area (Å²) in [7, 11) is 0. The Kier molecular flexibility index (Phi) is 1.98. The molecule has 0 bridgehead atoms. The lowest BCUT2D eigenvalue weighted by Crippen LogP contribution is -2.09. The van der Waals surface area contributed by atoms with Crippen LogP contribution in [-0.4, -0.2) is 15.5 Å². The van der Waals surface area contributed by atoms with Crippen LogP contribution >= 0.6 is 0 Å². The molecule has 5 heteroatoms. The number of rotatable bonds is 1. The number of carbonyl (C=O) groups excluding carboxylic acids is 1. The number of para-hydroxylation sites is 2. The van der Waals surface area contributed by atoms with E-state index < -0.39 is 0 Å². The summed E-state index contributed by atoms with van der Waals surface area (Å²) < 4.78 is 6.54. The lowest BCUT2D eigenvalue weighted by Gasteiger charge is -1.99. The minimum Gasteiger partial charge on any atom is -0.436 e. The standard InChI is InChI=1S/C12H9N3O2/c13-11-6-5-10(17-11)12(16)15-7-14-8-3-1-2-4-9(8)15/h1-7H,13H2. The van der Waals surface area contributed by atoms with Crippen molar-refractivity contribution in [3.8, 4) is 0 Å². The second-order valence-corrected chi connectivity index (χ2v) is 3.61. The molecule has 0 aliphatic rings. The molecule has 17 heavy (non-hydrogen) atoms. The van der Waals surface area contributed by atoms with Gasteiger partial charge in [0, 0.05) is 6.07 Å². The van der Waals surface area contributed by atoms with E-state index in [4.69, 9.17) is 10.2 Å². The Morgan fingerprint density at radius 3 is 2.82 bits per heavy atom. The van der Waals surface area contributed by atoms with Gasteiger partial charge in [0.2, 0.25) is 0 Å². The van der Waals surface area contributed by atoms with Crippen molar-refractivity contribution in [1.29, 1.82) is 0 Å². The van der Waals surface area contributed by atoms with Crippen molar-refractivity contribution in [2.24, 2.45) is 0 Å². The number of hydrogen-bond donors (Lipinski definition) is 1. The molecule has 0 fully saturated rings. The number of furan rings is 1. The number of carbonyl (C=O) groups is 1. The van der Waals surface area contributed by atoms with E-state index in [0.29, 0.717) is 0 Å². The number of nitrogens with two attached hydrogens (primary N) is 1. The molecule has 0 atom stereocenters. The molecule has 1 aromatic carbocycles. The third-order valence-electron chi connectivity index (χ3n) is 2.51. The second-order valence-electron chi connectivity index (χ2n) is 3.61. The van der Waals surface area contributed by atoms with Crippen LogP contribution in [0.25, 0.3) is 11.0 Å². The average molecular weight is 227 g/mol. The van der Waals surface area contributed by atoms with Gasteiger partial charge >= 0.3 is 0 Å². The van der Waals surface area contributed by atoms with Gasteiger partial charge in [-0.05, 0) is 18.2 Å². The topological polar surface area (TPSA) is 74.1 Å². The van der Waals surface area contributed by atoms with Crippen molar-refractivity contribution in [1.82, 2.24) is 9.55 Å². The summed E-state index contributed by atoms with van der Waals surface area (Å²) in [4.78, 5) is 16.2. The zero-order valence-corrected chi connectivity index (χ0v) is 8.83. The fourth-order valence-electron chi connectivity index (χ4n) is 1.71. The van der Waals surface area contributed by atoms with Gasteiger partial charge in [0.05, 0.1) is 11.0 Å². The fourth-order valence-corrected chi connectivity index (χ4v) is 1.71.